The lowest BCUT2D eigenvalue weighted by atomic mass is 10.1. The maximum atomic E-state index is 6.10. The van der Waals surface area contributed by atoms with Gasteiger partial charge in [0.25, 0.3) is 0 Å². The summed E-state index contributed by atoms with van der Waals surface area (Å²) in [4.78, 5) is 0. The van der Waals surface area contributed by atoms with Crippen LogP contribution in [-0.2, 0) is 4.74 Å². The number of thioether (sulfide) groups is 1. The summed E-state index contributed by atoms with van der Waals surface area (Å²) in [7, 11) is 1.76. The van der Waals surface area contributed by atoms with Gasteiger partial charge in [-0.15, -0.1) is 0 Å². The second-order valence-electron chi connectivity index (χ2n) is 3.70. The first kappa shape index (κ1) is 11.3. The van der Waals surface area contributed by atoms with Crippen LogP contribution in [0.1, 0.15) is 32.1 Å². The number of rotatable bonds is 4. The summed E-state index contributed by atoms with van der Waals surface area (Å²) in [5.41, 5.74) is 6.10. The summed E-state index contributed by atoms with van der Waals surface area (Å²) in [6.07, 6.45) is 6.57. The summed E-state index contributed by atoms with van der Waals surface area (Å²) in [6.45, 7) is 0.855. The van der Waals surface area contributed by atoms with Gasteiger partial charge in [-0.2, -0.15) is 11.8 Å². The molecular formula is C10H21NOS. The van der Waals surface area contributed by atoms with Gasteiger partial charge < -0.3 is 10.5 Å². The number of hydrogen-bond acceptors (Lipinski definition) is 3. The minimum Gasteiger partial charge on any atom is -0.384 e. The Morgan fingerprint density at radius 1 is 1.31 bits per heavy atom. The average molecular weight is 203 g/mol. The molecule has 2 unspecified atom stereocenters. The van der Waals surface area contributed by atoms with Crippen molar-refractivity contribution in [2.75, 3.05) is 19.5 Å². The molecule has 0 aromatic rings. The van der Waals surface area contributed by atoms with Crippen molar-refractivity contribution in [1.29, 1.82) is 0 Å². The quantitative estimate of drug-likeness (QED) is 0.561. The van der Waals surface area contributed by atoms with Crippen LogP contribution >= 0.6 is 11.8 Å². The number of methoxy groups -OCH3 is 1. The molecule has 1 rings (SSSR count). The summed E-state index contributed by atoms with van der Waals surface area (Å²) < 4.78 is 5.04. The van der Waals surface area contributed by atoms with E-state index in [1.54, 1.807) is 7.11 Å². The smallest absolute Gasteiger partial charge is 0.0553 e. The maximum Gasteiger partial charge on any atom is 0.0553 e. The van der Waals surface area contributed by atoms with E-state index >= 15 is 0 Å². The van der Waals surface area contributed by atoms with E-state index in [1.165, 1.54) is 32.1 Å². The zero-order valence-electron chi connectivity index (χ0n) is 8.50. The standard InChI is InChI=1S/C10H21NOS/c1-12-7-8-13-10-6-4-2-3-5-9(10)11/h9-10H,2-8,11H2,1H3. The maximum absolute atomic E-state index is 6.10. The van der Waals surface area contributed by atoms with Crippen LogP contribution in [0.2, 0.25) is 0 Å². The Hall–Kier alpha value is 0.270. The van der Waals surface area contributed by atoms with Gasteiger partial charge in [0, 0.05) is 24.2 Å². The van der Waals surface area contributed by atoms with E-state index in [9.17, 15) is 0 Å². The first-order valence-electron chi connectivity index (χ1n) is 5.20. The molecule has 3 heteroatoms. The van der Waals surface area contributed by atoms with Crippen LogP contribution in [0.25, 0.3) is 0 Å². The van der Waals surface area contributed by atoms with Crippen LogP contribution in [-0.4, -0.2) is 30.8 Å². The lowest BCUT2D eigenvalue weighted by molar-refractivity contribution is 0.218. The van der Waals surface area contributed by atoms with Gasteiger partial charge in [-0.3, -0.25) is 0 Å². The fraction of sp³-hybridized carbons (Fsp3) is 1.00. The first-order valence-corrected chi connectivity index (χ1v) is 6.25. The van der Waals surface area contributed by atoms with E-state index in [0.29, 0.717) is 11.3 Å². The summed E-state index contributed by atoms with van der Waals surface area (Å²) in [6, 6.07) is 0.421. The number of nitrogens with two attached hydrogens (primary N) is 1. The predicted molar refractivity (Wildman–Crippen MR) is 59.2 cm³/mol. The van der Waals surface area contributed by atoms with Gasteiger partial charge in [-0.25, -0.2) is 0 Å². The van der Waals surface area contributed by atoms with Crippen LogP contribution in [0.15, 0.2) is 0 Å². The monoisotopic (exact) mass is 203 g/mol. The molecule has 1 fully saturated rings. The second-order valence-corrected chi connectivity index (χ2v) is 5.05. The Morgan fingerprint density at radius 2 is 2.08 bits per heavy atom. The Kier molecular flexibility index (Phi) is 5.83. The van der Waals surface area contributed by atoms with E-state index in [0.717, 1.165) is 12.4 Å². The molecule has 0 aliphatic heterocycles. The van der Waals surface area contributed by atoms with Crippen molar-refractivity contribution in [3.63, 3.8) is 0 Å². The van der Waals surface area contributed by atoms with E-state index in [2.05, 4.69) is 0 Å². The molecule has 0 amide bonds. The van der Waals surface area contributed by atoms with Crippen LogP contribution in [0.4, 0.5) is 0 Å². The Balaban J connectivity index is 2.19. The third-order valence-corrected chi connectivity index (χ3v) is 4.04. The van der Waals surface area contributed by atoms with E-state index < -0.39 is 0 Å². The van der Waals surface area contributed by atoms with Gasteiger partial charge in [-0.05, 0) is 12.8 Å². The molecule has 0 aromatic carbocycles. The molecule has 1 aliphatic carbocycles. The molecule has 2 nitrogen and oxygen atoms in total. The fourth-order valence-electron chi connectivity index (χ4n) is 1.79. The molecule has 78 valence electrons. The van der Waals surface area contributed by atoms with Crippen molar-refractivity contribution >= 4 is 11.8 Å². The molecule has 2 atom stereocenters. The largest absolute Gasteiger partial charge is 0.384 e. The molecular weight excluding hydrogens is 182 g/mol. The van der Waals surface area contributed by atoms with Gasteiger partial charge in [0.2, 0.25) is 0 Å². The normalized spacial score (nSPS) is 30.0. The summed E-state index contributed by atoms with van der Waals surface area (Å²) >= 11 is 1.99. The first-order chi connectivity index (χ1) is 6.34. The molecule has 0 aromatic heterocycles. The van der Waals surface area contributed by atoms with Gasteiger partial charge >= 0.3 is 0 Å². The molecule has 0 saturated heterocycles. The van der Waals surface area contributed by atoms with Gasteiger partial charge in [-0.1, -0.05) is 19.3 Å². The van der Waals surface area contributed by atoms with Gasteiger partial charge in [0.1, 0.15) is 0 Å². The third-order valence-electron chi connectivity index (χ3n) is 2.62. The van der Waals surface area contributed by atoms with Gasteiger partial charge in [0.05, 0.1) is 6.61 Å². The van der Waals surface area contributed by atoms with E-state index in [-0.39, 0.29) is 0 Å². The molecule has 1 aliphatic rings. The summed E-state index contributed by atoms with van der Waals surface area (Å²) in [5.74, 6) is 1.09. The average Bonchev–Trinajstić information content (AvgIpc) is 2.32. The highest BCUT2D eigenvalue weighted by Gasteiger charge is 2.19. The van der Waals surface area contributed by atoms with E-state index in [4.69, 9.17) is 10.5 Å². The molecule has 13 heavy (non-hydrogen) atoms. The van der Waals surface area contributed by atoms with Crippen molar-refractivity contribution < 1.29 is 4.74 Å². The zero-order valence-corrected chi connectivity index (χ0v) is 9.31. The van der Waals surface area contributed by atoms with Gasteiger partial charge in [0.15, 0.2) is 0 Å². The lowest BCUT2D eigenvalue weighted by Crippen LogP contribution is -2.31. The highest BCUT2D eigenvalue weighted by molar-refractivity contribution is 7.99. The van der Waals surface area contributed by atoms with Crippen molar-refractivity contribution in [2.45, 2.75) is 43.4 Å². The minimum atomic E-state index is 0.421. The third kappa shape index (κ3) is 4.34. The highest BCUT2D eigenvalue weighted by Crippen LogP contribution is 2.26. The van der Waals surface area contributed by atoms with Crippen LogP contribution in [0, 0.1) is 0 Å². The summed E-state index contributed by atoms with van der Waals surface area (Å²) in [5, 5.41) is 0.678. The Bertz CT molecular complexity index is 132. The minimum absolute atomic E-state index is 0.421. The fourth-order valence-corrected chi connectivity index (χ4v) is 3.07. The van der Waals surface area contributed by atoms with Crippen LogP contribution < -0.4 is 5.73 Å². The Labute approximate surface area is 85.6 Å². The number of ether oxygens (including phenoxy) is 1. The van der Waals surface area contributed by atoms with Crippen molar-refractivity contribution in [2.24, 2.45) is 5.73 Å². The lowest BCUT2D eigenvalue weighted by Gasteiger charge is -2.20. The predicted octanol–water partition coefficient (Wildman–Crippen LogP) is 2.03. The van der Waals surface area contributed by atoms with Crippen molar-refractivity contribution in [1.82, 2.24) is 0 Å². The molecule has 0 bridgehead atoms. The van der Waals surface area contributed by atoms with Crippen LogP contribution in [0.3, 0.4) is 0 Å². The van der Waals surface area contributed by atoms with Crippen molar-refractivity contribution in [3.8, 4) is 0 Å². The zero-order chi connectivity index (χ0) is 9.52. The topological polar surface area (TPSA) is 35.2 Å². The second kappa shape index (κ2) is 6.68. The Morgan fingerprint density at radius 3 is 2.85 bits per heavy atom. The van der Waals surface area contributed by atoms with Crippen LogP contribution in [0.5, 0.6) is 0 Å². The van der Waals surface area contributed by atoms with E-state index in [1.807, 2.05) is 11.8 Å². The SMILES string of the molecule is COCCSC1CCCCCC1N. The molecule has 0 radical (unpaired) electrons. The highest BCUT2D eigenvalue weighted by atomic mass is 32.2. The molecule has 2 N–H and O–H groups in total. The number of hydrogen-bond donors (Lipinski definition) is 1. The molecule has 0 spiro atoms. The molecule has 1 saturated carbocycles. The van der Waals surface area contributed by atoms with Crippen molar-refractivity contribution in [3.05, 3.63) is 0 Å². The molecule has 0 heterocycles.